The van der Waals surface area contributed by atoms with Gasteiger partial charge in [-0.25, -0.2) is 4.98 Å². The fraction of sp³-hybridized carbons (Fsp3) is 0.476. The van der Waals surface area contributed by atoms with Crippen molar-refractivity contribution in [2.24, 2.45) is 13.0 Å². The summed E-state index contributed by atoms with van der Waals surface area (Å²) in [5.41, 5.74) is 3.31. The van der Waals surface area contributed by atoms with E-state index >= 15 is 0 Å². The summed E-state index contributed by atoms with van der Waals surface area (Å²) in [7, 11) is 1.85. The minimum absolute atomic E-state index is 0.0424. The number of fused-ring (bicyclic) bond motifs is 1. The van der Waals surface area contributed by atoms with Gasteiger partial charge in [-0.1, -0.05) is 26.0 Å². The number of hydrogen-bond acceptors (Lipinski definition) is 4. The highest BCUT2D eigenvalue weighted by Crippen LogP contribution is 2.29. The van der Waals surface area contributed by atoms with Gasteiger partial charge < -0.3 is 9.32 Å². The summed E-state index contributed by atoms with van der Waals surface area (Å²) in [6.07, 6.45) is 2.82. The minimum atomic E-state index is 0.0424. The van der Waals surface area contributed by atoms with Crippen molar-refractivity contribution >= 4 is 17.0 Å². The molecule has 6 nitrogen and oxygen atoms in total. The quantitative estimate of drug-likeness (QED) is 0.705. The molecule has 1 saturated heterocycles. The van der Waals surface area contributed by atoms with Crippen molar-refractivity contribution in [1.29, 1.82) is 0 Å². The fourth-order valence-corrected chi connectivity index (χ4v) is 3.83. The number of piperidine rings is 1. The van der Waals surface area contributed by atoms with Crippen LogP contribution in [0, 0.1) is 5.92 Å². The first-order valence-electron chi connectivity index (χ1n) is 9.69. The van der Waals surface area contributed by atoms with Gasteiger partial charge in [-0.15, -0.1) is 0 Å². The Hall–Kier alpha value is -2.63. The zero-order valence-corrected chi connectivity index (χ0v) is 16.2. The summed E-state index contributed by atoms with van der Waals surface area (Å²) >= 11 is 0. The second-order valence-electron chi connectivity index (χ2n) is 7.85. The molecule has 4 rings (SSSR count). The van der Waals surface area contributed by atoms with E-state index in [0.717, 1.165) is 48.5 Å². The third-order valence-corrected chi connectivity index (χ3v) is 5.14. The van der Waals surface area contributed by atoms with Crippen molar-refractivity contribution in [3.8, 4) is 0 Å². The van der Waals surface area contributed by atoms with Gasteiger partial charge in [-0.3, -0.25) is 9.48 Å². The number of nitrogens with zero attached hydrogens (tertiary/aromatic N) is 4. The van der Waals surface area contributed by atoms with Crippen LogP contribution in [0.25, 0.3) is 11.1 Å². The Morgan fingerprint density at radius 2 is 2.15 bits per heavy atom. The topological polar surface area (TPSA) is 64.2 Å². The number of hydrogen-bond donors (Lipinski definition) is 0. The predicted octanol–water partition coefficient (Wildman–Crippen LogP) is 3.78. The maximum atomic E-state index is 13.1. The maximum absolute atomic E-state index is 13.1. The summed E-state index contributed by atoms with van der Waals surface area (Å²) in [5, 5.41) is 4.51. The molecule has 0 aliphatic carbocycles. The number of aromatic nitrogens is 3. The molecule has 1 atom stereocenters. The van der Waals surface area contributed by atoms with Gasteiger partial charge in [-0.2, -0.15) is 5.10 Å². The van der Waals surface area contributed by atoms with Gasteiger partial charge in [0.1, 0.15) is 11.2 Å². The second kappa shape index (κ2) is 7.18. The number of aryl methyl sites for hydroxylation is 1. The van der Waals surface area contributed by atoms with Gasteiger partial charge in [0.05, 0.1) is 11.6 Å². The van der Waals surface area contributed by atoms with E-state index in [0.29, 0.717) is 18.2 Å². The highest BCUT2D eigenvalue weighted by atomic mass is 16.3. The molecular weight excluding hydrogens is 340 g/mol. The van der Waals surface area contributed by atoms with Gasteiger partial charge in [-0.05, 0) is 43.4 Å². The first kappa shape index (κ1) is 17.8. The summed E-state index contributed by atoms with van der Waals surface area (Å²) in [5.74, 6) is 1.43. The molecule has 1 fully saturated rings. The van der Waals surface area contributed by atoms with Crippen molar-refractivity contribution in [1.82, 2.24) is 19.7 Å². The molecule has 1 aliphatic heterocycles. The van der Waals surface area contributed by atoms with Crippen LogP contribution >= 0.6 is 0 Å². The third kappa shape index (κ3) is 3.61. The normalized spacial score (nSPS) is 17.8. The van der Waals surface area contributed by atoms with Gasteiger partial charge in [0.2, 0.25) is 0 Å². The predicted molar refractivity (Wildman–Crippen MR) is 104 cm³/mol. The molecule has 0 radical (unpaired) electrons. The fourth-order valence-electron chi connectivity index (χ4n) is 3.83. The Morgan fingerprint density at radius 1 is 1.33 bits per heavy atom. The average Bonchev–Trinajstić information content (AvgIpc) is 3.24. The molecule has 27 heavy (non-hydrogen) atoms. The molecule has 3 aromatic rings. The van der Waals surface area contributed by atoms with Crippen LogP contribution in [-0.2, 0) is 13.5 Å². The largest absolute Gasteiger partial charge is 0.440 e. The number of oxazole rings is 1. The maximum Gasteiger partial charge on any atom is 0.272 e. The van der Waals surface area contributed by atoms with Gasteiger partial charge in [0.15, 0.2) is 11.5 Å². The van der Waals surface area contributed by atoms with Crippen LogP contribution in [0.1, 0.15) is 54.7 Å². The van der Waals surface area contributed by atoms with E-state index in [-0.39, 0.29) is 11.8 Å². The highest BCUT2D eigenvalue weighted by molar-refractivity contribution is 5.92. The molecule has 1 amide bonds. The standard InChI is InChI=1S/C21H26N4O2/c1-14(2)11-16-12-18(24(3)23-16)21(26)25-10-6-7-15(13-25)20-22-17-8-4-5-9-19(17)27-20/h4-5,8-9,12,14-15H,6-7,10-11,13H2,1-3H3/t15-/m1/s1. The second-order valence-corrected chi connectivity index (χ2v) is 7.85. The number of carbonyl (C=O) groups excluding carboxylic acids is 1. The van der Waals surface area contributed by atoms with E-state index in [2.05, 4.69) is 23.9 Å². The van der Waals surface area contributed by atoms with E-state index in [1.165, 1.54) is 0 Å². The zero-order chi connectivity index (χ0) is 19.0. The molecular formula is C21H26N4O2. The Kier molecular flexibility index (Phi) is 4.72. The Bertz CT molecular complexity index is 923. The SMILES string of the molecule is CC(C)Cc1cc(C(=O)N2CCC[C@@H](c3nc4ccccc4o3)C2)n(C)n1. The van der Waals surface area contributed by atoms with Gasteiger partial charge in [0.25, 0.3) is 5.91 Å². The number of amides is 1. The molecule has 0 N–H and O–H groups in total. The number of rotatable bonds is 4. The molecule has 0 spiro atoms. The lowest BCUT2D eigenvalue weighted by Crippen LogP contribution is -2.40. The molecule has 3 heterocycles. The lowest BCUT2D eigenvalue weighted by atomic mass is 9.97. The number of carbonyl (C=O) groups is 1. The first-order valence-corrected chi connectivity index (χ1v) is 9.69. The van der Waals surface area contributed by atoms with E-state index in [1.807, 2.05) is 42.3 Å². The summed E-state index contributed by atoms with van der Waals surface area (Å²) in [6, 6.07) is 9.74. The zero-order valence-electron chi connectivity index (χ0n) is 16.2. The van der Waals surface area contributed by atoms with Crippen LogP contribution in [0.3, 0.4) is 0 Å². The number of para-hydroxylation sites is 2. The van der Waals surface area contributed by atoms with Crippen LogP contribution < -0.4 is 0 Å². The lowest BCUT2D eigenvalue weighted by molar-refractivity contribution is 0.0687. The first-order chi connectivity index (χ1) is 13.0. The molecule has 1 aliphatic rings. The minimum Gasteiger partial charge on any atom is -0.440 e. The highest BCUT2D eigenvalue weighted by Gasteiger charge is 2.30. The van der Waals surface area contributed by atoms with Crippen LogP contribution in [-0.4, -0.2) is 38.7 Å². The van der Waals surface area contributed by atoms with E-state index in [9.17, 15) is 4.79 Å². The molecule has 2 aromatic heterocycles. The Labute approximate surface area is 159 Å². The third-order valence-electron chi connectivity index (χ3n) is 5.14. The summed E-state index contributed by atoms with van der Waals surface area (Å²) in [6.45, 7) is 5.72. The monoisotopic (exact) mass is 366 g/mol. The van der Waals surface area contributed by atoms with E-state index < -0.39 is 0 Å². The van der Waals surface area contributed by atoms with Crippen molar-refractivity contribution in [3.05, 3.63) is 47.6 Å². The van der Waals surface area contributed by atoms with Crippen molar-refractivity contribution < 1.29 is 9.21 Å². The summed E-state index contributed by atoms with van der Waals surface area (Å²) in [4.78, 5) is 19.6. The molecule has 142 valence electrons. The van der Waals surface area contributed by atoms with Crippen LogP contribution in [0.5, 0.6) is 0 Å². The summed E-state index contributed by atoms with van der Waals surface area (Å²) < 4.78 is 7.66. The van der Waals surface area contributed by atoms with Crippen molar-refractivity contribution in [2.45, 2.75) is 39.0 Å². The molecule has 0 saturated carbocycles. The Balaban J connectivity index is 1.52. The van der Waals surface area contributed by atoms with Crippen molar-refractivity contribution in [2.75, 3.05) is 13.1 Å². The molecule has 0 unspecified atom stereocenters. The van der Waals surface area contributed by atoms with E-state index in [4.69, 9.17) is 4.42 Å². The molecule has 0 bridgehead atoms. The molecule has 6 heteroatoms. The van der Waals surface area contributed by atoms with Gasteiger partial charge in [0, 0.05) is 20.1 Å². The average molecular weight is 366 g/mol. The van der Waals surface area contributed by atoms with Gasteiger partial charge >= 0.3 is 0 Å². The number of benzene rings is 1. The molecule has 1 aromatic carbocycles. The van der Waals surface area contributed by atoms with Crippen LogP contribution in [0.2, 0.25) is 0 Å². The van der Waals surface area contributed by atoms with Crippen LogP contribution in [0.15, 0.2) is 34.7 Å². The smallest absolute Gasteiger partial charge is 0.272 e. The van der Waals surface area contributed by atoms with Crippen LogP contribution in [0.4, 0.5) is 0 Å². The Morgan fingerprint density at radius 3 is 2.93 bits per heavy atom. The number of likely N-dealkylation sites (tertiary alicyclic amines) is 1. The van der Waals surface area contributed by atoms with E-state index in [1.54, 1.807) is 4.68 Å². The van der Waals surface area contributed by atoms with Crippen molar-refractivity contribution in [3.63, 3.8) is 0 Å². The lowest BCUT2D eigenvalue weighted by Gasteiger charge is -2.31.